The number of aryl methyl sites for hydroxylation is 1. The van der Waals surface area contributed by atoms with Crippen molar-refractivity contribution >= 4 is 5.97 Å². The third kappa shape index (κ3) is 3.66. The molecule has 2 N–H and O–H groups in total. The first kappa shape index (κ1) is 13.3. The van der Waals surface area contributed by atoms with Gasteiger partial charge in [0.2, 0.25) is 5.76 Å². The zero-order chi connectivity index (χ0) is 13.7. The fourth-order valence-corrected chi connectivity index (χ4v) is 1.84. The van der Waals surface area contributed by atoms with Crippen molar-refractivity contribution < 1.29 is 14.3 Å². The number of pyridine rings is 1. The number of nitrogens with zero attached hydrogens (tertiary/aromatic N) is 1. The van der Waals surface area contributed by atoms with Gasteiger partial charge in [0.25, 0.3) is 0 Å². The average Bonchev–Trinajstić information content (AvgIpc) is 2.77. The Balaban J connectivity index is 1.80. The van der Waals surface area contributed by atoms with Gasteiger partial charge in [-0.2, -0.15) is 0 Å². The molecule has 2 aromatic rings. The van der Waals surface area contributed by atoms with E-state index in [0.29, 0.717) is 17.9 Å². The van der Waals surface area contributed by atoms with Gasteiger partial charge in [-0.25, -0.2) is 4.79 Å². The summed E-state index contributed by atoms with van der Waals surface area (Å²) < 4.78 is 5.26. The number of aromatic carboxylic acids is 1. The highest BCUT2D eigenvalue weighted by Gasteiger charge is 2.13. The molecule has 0 saturated carbocycles. The van der Waals surface area contributed by atoms with E-state index in [0.717, 1.165) is 13.0 Å². The van der Waals surface area contributed by atoms with Crippen LogP contribution in [0.3, 0.4) is 0 Å². The molecule has 100 valence electrons. The Morgan fingerprint density at radius 3 is 2.79 bits per heavy atom. The van der Waals surface area contributed by atoms with E-state index in [1.807, 2.05) is 12.1 Å². The fraction of sp³-hybridized carbons (Fsp3) is 0.286. The lowest BCUT2D eigenvalue weighted by molar-refractivity contribution is 0.0659. The summed E-state index contributed by atoms with van der Waals surface area (Å²) >= 11 is 0. The van der Waals surface area contributed by atoms with Crippen molar-refractivity contribution in [3.05, 3.63) is 53.2 Å². The number of carboxylic acids is 1. The largest absolute Gasteiger partial charge is 0.475 e. The van der Waals surface area contributed by atoms with Gasteiger partial charge in [-0.3, -0.25) is 4.98 Å². The van der Waals surface area contributed by atoms with E-state index in [2.05, 4.69) is 10.3 Å². The predicted molar refractivity (Wildman–Crippen MR) is 70.1 cm³/mol. The van der Waals surface area contributed by atoms with Gasteiger partial charge in [-0.1, -0.05) is 0 Å². The first-order valence-electron chi connectivity index (χ1n) is 6.09. The molecule has 0 fully saturated rings. The first-order valence-corrected chi connectivity index (χ1v) is 6.09. The summed E-state index contributed by atoms with van der Waals surface area (Å²) in [7, 11) is 0. The summed E-state index contributed by atoms with van der Waals surface area (Å²) in [5.74, 6) is -0.365. The summed E-state index contributed by atoms with van der Waals surface area (Å²) in [5.41, 5.74) is 1.86. The molecule has 0 aromatic carbocycles. The van der Waals surface area contributed by atoms with Crippen molar-refractivity contribution in [2.75, 3.05) is 6.54 Å². The summed E-state index contributed by atoms with van der Waals surface area (Å²) in [5, 5.41) is 12.1. The van der Waals surface area contributed by atoms with Crippen molar-refractivity contribution in [3.63, 3.8) is 0 Å². The normalized spacial score (nSPS) is 10.6. The number of carbonyl (C=O) groups is 1. The number of furan rings is 1. The van der Waals surface area contributed by atoms with E-state index in [1.165, 1.54) is 5.56 Å². The van der Waals surface area contributed by atoms with Crippen molar-refractivity contribution in [2.24, 2.45) is 0 Å². The number of hydrogen-bond donors (Lipinski definition) is 2. The van der Waals surface area contributed by atoms with Gasteiger partial charge in [-0.15, -0.1) is 0 Å². The minimum atomic E-state index is -1.03. The zero-order valence-electron chi connectivity index (χ0n) is 10.7. The Labute approximate surface area is 111 Å². The lowest BCUT2D eigenvalue weighted by Gasteiger charge is -2.02. The molecule has 2 aromatic heterocycles. The quantitative estimate of drug-likeness (QED) is 0.777. The number of rotatable bonds is 6. The average molecular weight is 260 g/mol. The van der Waals surface area contributed by atoms with Crippen LogP contribution in [0.15, 0.2) is 35.0 Å². The van der Waals surface area contributed by atoms with Gasteiger partial charge in [-0.05, 0) is 43.7 Å². The number of nitrogens with one attached hydrogen (secondary N) is 1. The molecule has 0 amide bonds. The Kier molecular flexibility index (Phi) is 4.30. The van der Waals surface area contributed by atoms with E-state index in [-0.39, 0.29) is 5.76 Å². The summed E-state index contributed by atoms with van der Waals surface area (Å²) in [6.07, 6.45) is 4.43. The molecular formula is C14H16N2O3. The maximum absolute atomic E-state index is 10.8. The fourth-order valence-electron chi connectivity index (χ4n) is 1.84. The van der Waals surface area contributed by atoms with Crippen LogP contribution in [0.25, 0.3) is 0 Å². The van der Waals surface area contributed by atoms with Crippen molar-refractivity contribution in [3.8, 4) is 0 Å². The second kappa shape index (κ2) is 6.15. The second-order valence-electron chi connectivity index (χ2n) is 4.31. The molecular weight excluding hydrogens is 244 g/mol. The predicted octanol–water partition coefficient (Wildman–Crippen LogP) is 2.01. The van der Waals surface area contributed by atoms with E-state index < -0.39 is 5.97 Å². The minimum absolute atomic E-state index is 0.0194. The summed E-state index contributed by atoms with van der Waals surface area (Å²) in [6.45, 7) is 3.05. The first-order chi connectivity index (χ1) is 9.16. The maximum Gasteiger partial charge on any atom is 0.372 e. The maximum atomic E-state index is 10.8. The molecule has 0 atom stereocenters. The molecule has 0 radical (unpaired) electrons. The van der Waals surface area contributed by atoms with Gasteiger partial charge < -0.3 is 14.8 Å². The molecule has 0 saturated heterocycles. The van der Waals surface area contributed by atoms with Crippen molar-refractivity contribution in [2.45, 2.75) is 19.9 Å². The van der Waals surface area contributed by atoms with Crippen LogP contribution < -0.4 is 5.32 Å². The Hall–Kier alpha value is -2.14. The van der Waals surface area contributed by atoms with E-state index in [9.17, 15) is 4.79 Å². The van der Waals surface area contributed by atoms with Crippen LogP contribution in [0.4, 0.5) is 0 Å². The molecule has 0 aliphatic rings. The van der Waals surface area contributed by atoms with Crippen molar-refractivity contribution in [1.29, 1.82) is 0 Å². The molecule has 2 rings (SSSR count). The zero-order valence-corrected chi connectivity index (χ0v) is 10.7. The topological polar surface area (TPSA) is 75.4 Å². The van der Waals surface area contributed by atoms with Crippen LogP contribution in [-0.4, -0.2) is 22.6 Å². The van der Waals surface area contributed by atoms with Gasteiger partial charge in [0.15, 0.2) is 0 Å². The van der Waals surface area contributed by atoms with Crippen LogP contribution in [-0.2, 0) is 13.0 Å². The third-order valence-electron chi connectivity index (χ3n) is 2.80. The van der Waals surface area contributed by atoms with Crippen LogP contribution >= 0.6 is 0 Å². The van der Waals surface area contributed by atoms with Crippen LogP contribution in [0.5, 0.6) is 0 Å². The lowest BCUT2D eigenvalue weighted by Crippen LogP contribution is -2.16. The van der Waals surface area contributed by atoms with E-state index in [1.54, 1.807) is 25.4 Å². The number of hydrogen-bond acceptors (Lipinski definition) is 4. The number of carboxylic acid groups (broad SMARTS) is 1. The minimum Gasteiger partial charge on any atom is -0.475 e. The molecule has 2 heterocycles. The molecule has 0 bridgehead atoms. The van der Waals surface area contributed by atoms with Gasteiger partial charge >= 0.3 is 5.97 Å². The van der Waals surface area contributed by atoms with E-state index >= 15 is 0 Å². The third-order valence-corrected chi connectivity index (χ3v) is 2.80. The molecule has 0 aliphatic carbocycles. The lowest BCUT2D eigenvalue weighted by atomic mass is 10.2. The summed E-state index contributed by atoms with van der Waals surface area (Å²) in [6, 6.07) is 5.70. The van der Waals surface area contributed by atoms with Gasteiger partial charge in [0, 0.05) is 18.0 Å². The summed E-state index contributed by atoms with van der Waals surface area (Å²) in [4.78, 5) is 14.8. The van der Waals surface area contributed by atoms with Gasteiger partial charge in [0.05, 0.1) is 6.54 Å². The van der Waals surface area contributed by atoms with Crippen LogP contribution in [0.1, 0.15) is 27.4 Å². The molecule has 0 spiro atoms. The molecule has 0 unspecified atom stereocenters. The molecule has 0 aliphatic heterocycles. The standard InChI is InChI=1S/C14H16N2O3/c1-10-8-12(19-13(10)14(17)18)9-16-7-4-11-2-5-15-6-3-11/h2-3,5-6,8,16H,4,7,9H2,1H3,(H,17,18). The van der Waals surface area contributed by atoms with Crippen molar-refractivity contribution in [1.82, 2.24) is 10.3 Å². The smallest absolute Gasteiger partial charge is 0.372 e. The van der Waals surface area contributed by atoms with Crippen LogP contribution in [0.2, 0.25) is 0 Å². The van der Waals surface area contributed by atoms with Crippen LogP contribution in [0, 0.1) is 6.92 Å². The van der Waals surface area contributed by atoms with Gasteiger partial charge in [0.1, 0.15) is 5.76 Å². The SMILES string of the molecule is Cc1cc(CNCCc2ccncc2)oc1C(=O)O. The Morgan fingerprint density at radius 1 is 1.42 bits per heavy atom. The monoisotopic (exact) mass is 260 g/mol. The highest BCUT2D eigenvalue weighted by atomic mass is 16.4. The number of aromatic nitrogens is 1. The Bertz CT molecular complexity index is 549. The highest BCUT2D eigenvalue weighted by molar-refractivity contribution is 5.86. The molecule has 19 heavy (non-hydrogen) atoms. The second-order valence-corrected chi connectivity index (χ2v) is 4.31. The molecule has 5 heteroatoms. The Morgan fingerprint density at radius 2 is 2.16 bits per heavy atom. The highest BCUT2D eigenvalue weighted by Crippen LogP contribution is 2.14. The van der Waals surface area contributed by atoms with E-state index in [4.69, 9.17) is 9.52 Å². The molecule has 5 nitrogen and oxygen atoms in total.